The maximum Gasteiger partial charge on any atom is 0.147 e. The van der Waals surface area contributed by atoms with E-state index in [0.29, 0.717) is 5.92 Å². The molecule has 3 nitrogen and oxygen atoms in total. The molecule has 0 fully saturated rings. The normalized spacial score (nSPS) is 15.3. The highest BCUT2D eigenvalue weighted by atomic mass is 32.2. The van der Waals surface area contributed by atoms with E-state index in [1.54, 1.807) is 0 Å². The Kier molecular flexibility index (Phi) is 5.82. The molecule has 1 N–H and O–H groups in total. The molecule has 102 valence electrons. The lowest BCUT2D eigenvalue weighted by atomic mass is 9.91. The van der Waals surface area contributed by atoms with Gasteiger partial charge in [-0.2, -0.15) is 0 Å². The van der Waals surface area contributed by atoms with Gasteiger partial charge in [0.15, 0.2) is 0 Å². The van der Waals surface area contributed by atoms with E-state index in [1.807, 2.05) is 25.2 Å². The second kappa shape index (κ2) is 6.90. The lowest BCUT2D eigenvalue weighted by Gasteiger charge is -2.24. The fraction of sp³-hybridized carbons (Fsp3) is 0.571. The Labute approximate surface area is 111 Å². The van der Waals surface area contributed by atoms with Crippen molar-refractivity contribution in [2.75, 3.05) is 19.1 Å². The first-order valence-corrected chi connectivity index (χ1v) is 8.40. The maximum atomic E-state index is 11.1. The van der Waals surface area contributed by atoms with Gasteiger partial charge in [0, 0.05) is 18.1 Å². The molecule has 1 aromatic carbocycles. The molecule has 18 heavy (non-hydrogen) atoms. The Morgan fingerprint density at radius 2 is 1.83 bits per heavy atom. The summed E-state index contributed by atoms with van der Waals surface area (Å²) < 4.78 is 22.2. The molecule has 1 aromatic rings. The molecule has 0 heterocycles. The molecular weight excluding hydrogens is 246 g/mol. The molecule has 0 saturated heterocycles. The van der Waals surface area contributed by atoms with Gasteiger partial charge in [-0.1, -0.05) is 37.3 Å². The van der Waals surface area contributed by atoms with Crippen molar-refractivity contribution in [3.63, 3.8) is 0 Å². The number of hydrogen-bond acceptors (Lipinski definition) is 3. The molecule has 0 aromatic heterocycles. The van der Waals surface area contributed by atoms with Crippen molar-refractivity contribution in [2.45, 2.75) is 25.8 Å². The Balaban J connectivity index is 2.56. The minimum atomic E-state index is -2.84. The first-order valence-electron chi connectivity index (χ1n) is 6.34. The van der Waals surface area contributed by atoms with Crippen molar-refractivity contribution in [2.24, 2.45) is 5.92 Å². The third kappa shape index (κ3) is 5.19. The van der Waals surface area contributed by atoms with E-state index in [4.69, 9.17) is 0 Å². The van der Waals surface area contributed by atoms with Crippen LogP contribution in [0.3, 0.4) is 0 Å². The molecule has 2 unspecified atom stereocenters. The smallest absolute Gasteiger partial charge is 0.147 e. The standard InChI is InChI=1S/C14H23NO2S/c1-12(8-7-11-18(3,16)17)14(15-2)13-9-5-4-6-10-13/h4-6,9-10,12,14-15H,7-8,11H2,1-3H3. The predicted octanol–water partition coefficient (Wildman–Crippen LogP) is 2.41. The average Bonchev–Trinajstić information content (AvgIpc) is 2.29. The fourth-order valence-electron chi connectivity index (χ4n) is 2.27. The zero-order chi connectivity index (χ0) is 13.6. The molecule has 0 saturated carbocycles. The van der Waals surface area contributed by atoms with Gasteiger partial charge in [-0.3, -0.25) is 0 Å². The van der Waals surface area contributed by atoms with E-state index >= 15 is 0 Å². The van der Waals surface area contributed by atoms with Crippen molar-refractivity contribution >= 4 is 9.84 Å². The van der Waals surface area contributed by atoms with Crippen LogP contribution in [-0.4, -0.2) is 27.5 Å². The van der Waals surface area contributed by atoms with Gasteiger partial charge in [0.1, 0.15) is 9.84 Å². The molecular formula is C14H23NO2S. The molecule has 0 radical (unpaired) electrons. The number of sulfone groups is 1. The van der Waals surface area contributed by atoms with Crippen LogP contribution in [0.2, 0.25) is 0 Å². The monoisotopic (exact) mass is 269 g/mol. The van der Waals surface area contributed by atoms with Crippen molar-refractivity contribution in [1.29, 1.82) is 0 Å². The molecule has 1 rings (SSSR count). The minimum Gasteiger partial charge on any atom is -0.313 e. The molecule has 0 amide bonds. The van der Waals surface area contributed by atoms with Gasteiger partial charge in [-0.15, -0.1) is 0 Å². The first-order chi connectivity index (χ1) is 8.44. The second-order valence-electron chi connectivity index (χ2n) is 4.93. The average molecular weight is 269 g/mol. The van der Waals surface area contributed by atoms with E-state index in [2.05, 4.69) is 24.4 Å². The van der Waals surface area contributed by atoms with Crippen molar-refractivity contribution in [1.82, 2.24) is 5.32 Å². The third-order valence-electron chi connectivity index (χ3n) is 3.21. The highest BCUT2D eigenvalue weighted by Gasteiger charge is 2.17. The molecule has 0 aliphatic heterocycles. The van der Waals surface area contributed by atoms with Crippen molar-refractivity contribution in [3.8, 4) is 0 Å². The Hall–Kier alpha value is -0.870. The van der Waals surface area contributed by atoms with Crippen LogP contribution in [0.25, 0.3) is 0 Å². The second-order valence-corrected chi connectivity index (χ2v) is 7.19. The van der Waals surface area contributed by atoms with Crippen LogP contribution in [0.15, 0.2) is 30.3 Å². The predicted molar refractivity (Wildman–Crippen MR) is 76.4 cm³/mol. The summed E-state index contributed by atoms with van der Waals surface area (Å²) in [6.07, 6.45) is 2.93. The van der Waals surface area contributed by atoms with E-state index < -0.39 is 9.84 Å². The Morgan fingerprint density at radius 1 is 1.22 bits per heavy atom. The molecule has 2 atom stereocenters. The number of benzene rings is 1. The zero-order valence-corrected chi connectivity index (χ0v) is 12.2. The molecule has 0 aliphatic carbocycles. The Bertz CT molecular complexity index is 442. The van der Waals surface area contributed by atoms with Gasteiger partial charge in [-0.25, -0.2) is 8.42 Å². The largest absolute Gasteiger partial charge is 0.313 e. The van der Waals surface area contributed by atoms with Crippen LogP contribution < -0.4 is 5.32 Å². The summed E-state index contributed by atoms with van der Waals surface area (Å²) >= 11 is 0. The summed E-state index contributed by atoms with van der Waals surface area (Å²) in [6, 6.07) is 10.6. The zero-order valence-electron chi connectivity index (χ0n) is 11.4. The maximum absolute atomic E-state index is 11.1. The van der Waals surface area contributed by atoms with E-state index in [-0.39, 0.29) is 11.8 Å². The number of hydrogen-bond donors (Lipinski definition) is 1. The summed E-state index contributed by atoms with van der Waals surface area (Å²) in [5, 5.41) is 3.32. The SMILES string of the molecule is CNC(c1ccccc1)C(C)CCCS(C)(=O)=O. The van der Waals surface area contributed by atoms with E-state index in [0.717, 1.165) is 12.8 Å². The lowest BCUT2D eigenvalue weighted by Crippen LogP contribution is -2.24. The number of rotatable bonds is 7. The van der Waals surface area contributed by atoms with Crippen LogP contribution in [0, 0.1) is 5.92 Å². The summed E-state index contributed by atoms with van der Waals surface area (Å²) in [7, 11) is -0.888. The van der Waals surface area contributed by atoms with Gasteiger partial charge in [0.25, 0.3) is 0 Å². The minimum absolute atomic E-state index is 0.280. The van der Waals surface area contributed by atoms with E-state index in [9.17, 15) is 8.42 Å². The summed E-state index contributed by atoms with van der Waals surface area (Å²) in [5.41, 5.74) is 1.26. The molecule has 0 aliphatic rings. The van der Waals surface area contributed by atoms with Gasteiger partial charge >= 0.3 is 0 Å². The quantitative estimate of drug-likeness (QED) is 0.827. The van der Waals surface area contributed by atoms with Gasteiger partial charge in [0.2, 0.25) is 0 Å². The van der Waals surface area contributed by atoms with Gasteiger partial charge in [-0.05, 0) is 31.4 Å². The lowest BCUT2D eigenvalue weighted by molar-refractivity contribution is 0.384. The van der Waals surface area contributed by atoms with Gasteiger partial charge < -0.3 is 5.32 Å². The molecule has 4 heteroatoms. The number of nitrogens with one attached hydrogen (secondary N) is 1. The van der Waals surface area contributed by atoms with Crippen LogP contribution in [0.5, 0.6) is 0 Å². The molecule has 0 spiro atoms. The highest BCUT2D eigenvalue weighted by molar-refractivity contribution is 7.90. The van der Waals surface area contributed by atoms with Crippen LogP contribution in [-0.2, 0) is 9.84 Å². The van der Waals surface area contributed by atoms with Crippen LogP contribution in [0.1, 0.15) is 31.4 Å². The van der Waals surface area contributed by atoms with Crippen LogP contribution >= 0.6 is 0 Å². The first kappa shape index (κ1) is 15.2. The fourth-order valence-corrected chi connectivity index (χ4v) is 2.97. The highest BCUT2D eigenvalue weighted by Crippen LogP contribution is 2.25. The summed E-state index contributed by atoms with van der Waals surface area (Å²) in [4.78, 5) is 0. The van der Waals surface area contributed by atoms with E-state index in [1.165, 1.54) is 11.8 Å². The van der Waals surface area contributed by atoms with Gasteiger partial charge in [0.05, 0.1) is 0 Å². The van der Waals surface area contributed by atoms with Crippen LogP contribution in [0.4, 0.5) is 0 Å². The summed E-state index contributed by atoms with van der Waals surface area (Å²) in [5.74, 6) is 0.696. The Morgan fingerprint density at radius 3 is 2.33 bits per heavy atom. The van der Waals surface area contributed by atoms with Crippen molar-refractivity contribution in [3.05, 3.63) is 35.9 Å². The summed E-state index contributed by atoms with van der Waals surface area (Å²) in [6.45, 7) is 2.16. The topological polar surface area (TPSA) is 46.2 Å². The third-order valence-corrected chi connectivity index (χ3v) is 4.24. The molecule has 0 bridgehead atoms. The van der Waals surface area contributed by atoms with Crippen molar-refractivity contribution < 1.29 is 8.42 Å².